The topological polar surface area (TPSA) is 136 Å². The van der Waals surface area contributed by atoms with Gasteiger partial charge in [0.05, 0.1) is 11.8 Å². The van der Waals surface area contributed by atoms with Gasteiger partial charge in [0, 0.05) is 6.54 Å². The van der Waals surface area contributed by atoms with E-state index in [-0.39, 0.29) is 24.6 Å². The molecule has 0 aromatic rings. The molecular formula is C10H23N3O4S. The molecule has 6 N–H and O–H groups in total. The second-order valence-corrected chi connectivity index (χ2v) is 5.75. The molecule has 0 fully saturated rings. The van der Waals surface area contributed by atoms with E-state index in [2.05, 4.69) is 5.32 Å². The summed E-state index contributed by atoms with van der Waals surface area (Å²) in [6.07, 6.45) is 3.47. The Labute approximate surface area is 108 Å². The van der Waals surface area contributed by atoms with Crippen LogP contribution < -0.4 is 16.8 Å². The van der Waals surface area contributed by atoms with Gasteiger partial charge in [0.2, 0.25) is 5.91 Å². The Bertz CT molecular complexity index is 332. The Morgan fingerprint density at radius 3 is 2.44 bits per heavy atom. The van der Waals surface area contributed by atoms with Crippen LogP contribution in [0.15, 0.2) is 0 Å². The molecule has 0 bridgehead atoms. The predicted octanol–water partition coefficient (Wildman–Crippen LogP) is -0.773. The Hall–Kier alpha value is -0.700. The summed E-state index contributed by atoms with van der Waals surface area (Å²) < 4.78 is 29.3. The number of carbonyl (C=O) groups excluding carboxylic acids is 1. The zero-order chi connectivity index (χ0) is 14.0. The molecule has 18 heavy (non-hydrogen) atoms. The van der Waals surface area contributed by atoms with Gasteiger partial charge in [0.15, 0.2) is 0 Å². The molecule has 0 radical (unpaired) electrons. The summed E-state index contributed by atoms with van der Waals surface area (Å²) in [7, 11) is -3.96. The fraction of sp³-hybridized carbons (Fsp3) is 0.900. The normalized spacial score (nSPS) is 13.3. The number of carbonyl (C=O) groups is 1. The molecule has 7 nitrogen and oxygen atoms in total. The lowest BCUT2D eigenvalue weighted by atomic mass is 10.1. The number of unbranched alkanes of at least 4 members (excludes halogenated alkanes) is 2. The number of hydrogen-bond donors (Lipinski definition) is 4. The smallest absolute Gasteiger partial charge is 0.264 e. The van der Waals surface area contributed by atoms with Crippen LogP contribution in [0.25, 0.3) is 0 Å². The molecule has 0 spiro atoms. The van der Waals surface area contributed by atoms with Crippen LogP contribution in [0, 0.1) is 0 Å². The van der Waals surface area contributed by atoms with Crippen molar-refractivity contribution in [1.29, 1.82) is 0 Å². The quantitative estimate of drug-likeness (QED) is 0.306. The van der Waals surface area contributed by atoms with Gasteiger partial charge in [-0.05, 0) is 25.8 Å². The van der Waals surface area contributed by atoms with E-state index >= 15 is 0 Å². The van der Waals surface area contributed by atoms with Crippen LogP contribution in [-0.2, 0) is 14.9 Å². The lowest BCUT2D eigenvalue weighted by Gasteiger charge is -2.11. The molecule has 0 rings (SSSR count). The Morgan fingerprint density at radius 1 is 1.22 bits per heavy atom. The van der Waals surface area contributed by atoms with Crippen LogP contribution in [0.1, 0.15) is 32.1 Å². The Morgan fingerprint density at radius 2 is 1.89 bits per heavy atom. The molecule has 0 saturated carbocycles. The summed E-state index contributed by atoms with van der Waals surface area (Å²) in [6, 6.07) is -0.575. The first-order chi connectivity index (χ1) is 8.37. The van der Waals surface area contributed by atoms with Crippen molar-refractivity contribution in [2.75, 3.05) is 18.8 Å². The van der Waals surface area contributed by atoms with Crippen molar-refractivity contribution < 1.29 is 17.8 Å². The molecule has 0 aliphatic heterocycles. The number of nitrogens with two attached hydrogens (primary N) is 2. The summed E-state index contributed by atoms with van der Waals surface area (Å²) >= 11 is 0. The lowest BCUT2D eigenvalue weighted by molar-refractivity contribution is -0.122. The minimum atomic E-state index is -3.96. The van der Waals surface area contributed by atoms with Gasteiger partial charge in [-0.3, -0.25) is 9.35 Å². The maximum absolute atomic E-state index is 11.5. The van der Waals surface area contributed by atoms with Crippen molar-refractivity contribution in [1.82, 2.24) is 5.32 Å². The zero-order valence-corrected chi connectivity index (χ0v) is 11.3. The summed E-state index contributed by atoms with van der Waals surface area (Å²) in [5, 5.41) is 2.53. The predicted molar refractivity (Wildman–Crippen MR) is 69.5 cm³/mol. The van der Waals surface area contributed by atoms with E-state index in [1.54, 1.807) is 0 Å². The van der Waals surface area contributed by atoms with Gasteiger partial charge in [-0.25, -0.2) is 0 Å². The molecule has 1 amide bonds. The first-order valence-electron chi connectivity index (χ1n) is 6.05. The molecule has 8 heteroatoms. The molecule has 0 saturated heterocycles. The third kappa shape index (κ3) is 10.5. The van der Waals surface area contributed by atoms with E-state index in [1.807, 2.05) is 0 Å². The van der Waals surface area contributed by atoms with E-state index in [0.29, 0.717) is 13.0 Å². The average Bonchev–Trinajstić information content (AvgIpc) is 2.28. The van der Waals surface area contributed by atoms with Gasteiger partial charge >= 0.3 is 0 Å². The highest BCUT2D eigenvalue weighted by Gasteiger charge is 2.12. The van der Waals surface area contributed by atoms with Crippen molar-refractivity contribution in [3.8, 4) is 0 Å². The van der Waals surface area contributed by atoms with Crippen molar-refractivity contribution >= 4 is 16.0 Å². The Balaban J connectivity index is 3.62. The monoisotopic (exact) mass is 281 g/mol. The van der Waals surface area contributed by atoms with E-state index in [1.165, 1.54) is 0 Å². The molecule has 0 aromatic carbocycles. The molecule has 0 aliphatic rings. The fourth-order valence-electron chi connectivity index (χ4n) is 1.41. The molecule has 0 heterocycles. The third-order valence-electron chi connectivity index (χ3n) is 2.43. The summed E-state index contributed by atoms with van der Waals surface area (Å²) in [6.45, 7) is 0.826. The van der Waals surface area contributed by atoms with Crippen LogP contribution in [0.5, 0.6) is 0 Å². The Kier molecular flexibility index (Phi) is 8.90. The average molecular weight is 281 g/mol. The highest BCUT2D eigenvalue weighted by Crippen LogP contribution is 2.01. The highest BCUT2D eigenvalue weighted by molar-refractivity contribution is 7.85. The molecule has 0 aromatic heterocycles. The zero-order valence-electron chi connectivity index (χ0n) is 10.5. The maximum atomic E-state index is 11.5. The first kappa shape index (κ1) is 17.3. The van der Waals surface area contributed by atoms with Crippen LogP contribution >= 0.6 is 0 Å². The van der Waals surface area contributed by atoms with Crippen LogP contribution in [0.4, 0.5) is 0 Å². The van der Waals surface area contributed by atoms with Gasteiger partial charge < -0.3 is 16.8 Å². The van der Waals surface area contributed by atoms with E-state index < -0.39 is 16.2 Å². The van der Waals surface area contributed by atoms with Crippen molar-refractivity contribution in [3.63, 3.8) is 0 Å². The number of hydrogen-bond acceptors (Lipinski definition) is 5. The van der Waals surface area contributed by atoms with E-state index in [0.717, 1.165) is 19.3 Å². The van der Waals surface area contributed by atoms with Crippen molar-refractivity contribution in [2.24, 2.45) is 11.5 Å². The van der Waals surface area contributed by atoms with Crippen molar-refractivity contribution in [3.05, 3.63) is 0 Å². The van der Waals surface area contributed by atoms with Gasteiger partial charge in [0.1, 0.15) is 0 Å². The second-order valence-electron chi connectivity index (χ2n) is 4.18. The second kappa shape index (κ2) is 9.26. The highest BCUT2D eigenvalue weighted by atomic mass is 32.2. The number of nitrogens with one attached hydrogen (secondary N) is 1. The fourth-order valence-corrected chi connectivity index (χ4v) is 1.92. The van der Waals surface area contributed by atoms with Crippen molar-refractivity contribution in [2.45, 2.75) is 38.1 Å². The molecule has 0 aliphatic carbocycles. The lowest BCUT2D eigenvalue weighted by Crippen LogP contribution is -2.41. The standard InChI is InChI=1S/C10H23N3O4S/c11-6-3-1-2-5-9(12)10(14)13-7-4-8-18(15,16)17/h9H,1-8,11-12H2,(H,13,14)(H,15,16,17)/t9-/m0/s1. The minimum absolute atomic E-state index is 0.171. The van der Waals surface area contributed by atoms with Crippen LogP contribution in [0.2, 0.25) is 0 Å². The van der Waals surface area contributed by atoms with Gasteiger partial charge in [0.25, 0.3) is 10.1 Å². The first-order valence-corrected chi connectivity index (χ1v) is 7.66. The van der Waals surface area contributed by atoms with Gasteiger partial charge in [-0.2, -0.15) is 8.42 Å². The molecular weight excluding hydrogens is 258 g/mol. The molecule has 108 valence electrons. The minimum Gasteiger partial charge on any atom is -0.355 e. The third-order valence-corrected chi connectivity index (χ3v) is 3.24. The van der Waals surface area contributed by atoms with Crippen LogP contribution in [-0.4, -0.2) is 43.8 Å². The SMILES string of the molecule is NCCCCC[C@H](N)C(=O)NCCCS(=O)(=O)O. The largest absolute Gasteiger partial charge is 0.355 e. The molecule has 0 unspecified atom stereocenters. The molecule has 1 atom stereocenters. The maximum Gasteiger partial charge on any atom is 0.264 e. The summed E-state index contributed by atoms with van der Waals surface area (Å²) in [4.78, 5) is 11.5. The van der Waals surface area contributed by atoms with Crippen LogP contribution in [0.3, 0.4) is 0 Å². The summed E-state index contributed by atoms with van der Waals surface area (Å²) in [5.74, 6) is -0.656. The van der Waals surface area contributed by atoms with E-state index in [9.17, 15) is 13.2 Å². The van der Waals surface area contributed by atoms with Gasteiger partial charge in [-0.1, -0.05) is 12.8 Å². The van der Waals surface area contributed by atoms with E-state index in [4.69, 9.17) is 16.0 Å². The number of rotatable bonds is 10. The number of amides is 1. The summed E-state index contributed by atoms with van der Waals surface area (Å²) in [5.41, 5.74) is 11.0. The van der Waals surface area contributed by atoms with Gasteiger partial charge in [-0.15, -0.1) is 0 Å².